The molecule has 1 saturated heterocycles. The summed E-state index contributed by atoms with van der Waals surface area (Å²) in [4.78, 5) is 17.6. The Balaban J connectivity index is 0.00000242. The van der Waals surface area contributed by atoms with Crippen LogP contribution in [0.4, 0.5) is 5.69 Å². The topological polar surface area (TPSA) is 56.7 Å². The van der Waals surface area contributed by atoms with Crippen molar-refractivity contribution in [3.63, 3.8) is 0 Å². The molecule has 6 heteroatoms. The maximum absolute atomic E-state index is 11.7. The van der Waals surface area contributed by atoms with Crippen LogP contribution in [-0.4, -0.2) is 32.0 Å². The molecule has 0 unspecified atom stereocenters. The van der Waals surface area contributed by atoms with E-state index in [2.05, 4.69) is 21.5 Å². The third-order valence-electron chi connectivity index (χ3n) is 3.36. The Morgan fingerprint density at radius 2 is 2.09 bits per heavy atom. The van der Waals surface area contributed by atoms with E-state index in [1.165, 1.54) is 0 Å². The summed E-state index contributed by atoms with van der Waals surface area (Å²) >= 11 is 0. The molecule has 0 bridgehead atoms. The first-order chi connectivity index (χ1) is 10.2. The molecule has 2 N–H and O–H groups in total. The maximum Gasteiger partial charge on any atom is 0.227 e. The highest BCUT2D eigenvalue weighted by atomic mass is 127. The molecule has 22 heavy (non-hydrogen) atoms. The van der Waals surface area contributed by atoms with E-state index in [9.17, 15) is 4.79 Å². The van der Waals surface area contributed by atoms with Gasteiger partial charge in [0, 0.05) is 32.2 Å². The van der Waals surface area contributed by atoms with Crippen molar-refractivity contribution in [1.29, 1.82) is 0 Å². The number of anilines is 1. The molecular formula is C16H21IN4O. The molecule has 0 saturated carbocycles. The van der Waals surface area contributed by atoms with Gasteiger partial charge in [-0.05, 0) is 24.1 Å². The van der Waals surface area contributed by atoms with Gasteiger partial charge in [0.1, 0.15) is 0 Å². The number of aliphatic imine (C=N–C) groups is 1. The summed E-state index contributed by atoms with van der Waals surface area (Å²) in [7, 11) is 1.70. The fourth-order valence-electron chi connectivity index (χ4n) is 2.26. The Morgan fingerprint density at radius 3 is 2.64 bits per heavy atom. The molecule has 1 amide bonds. The van der Waals surface area contributed by atoms with E-state index >= 15 is 0 Å². The van der Waals surface area contributed by atoms with Gasteiger partial charge in [0.05, 0.1) is 6.54 Å². The number of guanidine groups is 1. The van der Waals surface area contributed by atoms with Gasteiger partial charge in [-0.2, -0.15) is 0 Å². The Bertz CT molecular complexity index is 563. The first kappa shape index (κ1) is 18.3. The van der Waals surface area contributed by atoms with Gasteiger partial charge in [0.25, 0.3) is 0 Å². The summed E-state index contributed by atoms with van der Waals surface area (Å²) in [6, 6.07) is 8.00. The summed E-state index contributed by atoms with van der Waals surface area (Å²) in [5.41, 5.74) is 2.09. The Morgan fingerprint density at radius 1 is 1.36 bits per heavy atom. The van der Waals surface area contributed by atoms with Crippen molar-refractivity contribution in [2.24, 2.45) is 4.99 Å². The lowest BCUT2D eigenvalue weighted by Crippen LogP contribution is -2.36. The van der Waals surface area contributed by atoms with Crippen LogP contribution in [0, 0.1) is 12.3 Å². The number of terminal acetylenes is 1. The van der Waals surface area contributed by atoms with Gasteiger partial charge in [-0.1, -0.05) is 18.1 Å². The zero-order chi connectivity index (χ0) is 15.1. The quantitative estimate of drug-likeness (QED) is 0.343. The number of rotatable bonds is 4. The second-order valence-corrected chi connectivity index (χ2v) is 4.80. The zero-order valence-corrected chi connectivity index (χ0v) is 15.0. The highest BCUT2D eigenvalue weighted by Crippen LogP contribution is 2.21. The number of hydrogen-bond donors (Lipinski definition) is 2. The average molecular weight is 412 g/mol. The molecule has 118 valence electrons. The molecular weight excluding hydrogens is 391 g/mol. The molecule has 0 radical (unpaired) electrons. The molecule has 0 atom stereocenters. The molecule has 1 aliphatic rings. The van der Waals surface area contributed by atoms with Gasteiger partial charge in [-0.3, -0.25) is 9.79 Å². The Hall–Kier alpha value is -1.75. The van der Waals surface area contributed by atoms with Crippen LogP contribution in [0.15, 0.2) is 29.3 Å². The highest BCUT2D eigenvalue weighted by Gasteiger charge is 2.21. The lowest BCUT2D eigenvalue weighted by Gasteiger charge is -2.16. The van der Waals surface area contributed by atoms with Crippen molar-refractivity contribution in [2.75, 3.05) is 25.0 Å². The number of nitrogens with one attached hydrogen (secondary N) is 2. The van der Waals surface area contributed by atoms with E-state index in [0.29, 0.717) is 25.5 Å². The van der Waals surface area contributed by atoms with Crippen LogP contribution in [0.5, 0.6) is 0 Å². The Labute approximate surface area is 148 Å². The SMILES string of the molecule is C#CCNC(=NC)NCc1ccc(N2CCCC2=O)cc1.I. The molecule has 1 aromatic carbocycles. The molecule has 1 heterocycles. The largest absolute Gasteiger partial charge is 0.352 e. The lowest BCUT2D eigenvalue weighted by molar-refractivity contribution is -0.117. The summed E-state index contributed by atoms with van der Waals surface area (Å²) < 4.78 is 0. The van der Waals surface area contributed by atoms with Crippen molar-refractivity contribution < 1.29 is 4.79 Å². The maximum atomic E-state index is 11.7. The number of carbonyl (C=O) groups excluding carboxylic acids is 1. The number of hydrogen-bond acceptors (Lipinski definition) is 2. The van der Waals surface area contributed by atoms with Gasteiger partial charge in [-0.15, -0.1) is 30.4 Å². The van der Waals surface area contributed by atoms with Crippen molar-refractivity contribution in [3.05, 3.63) is 29.8 Å². The zero-order valence-electron chi connectivity index (χ0n) is 12.6. The third-order valence-corrected chi connectivity index (χ3v) is 3.36. The van der Waals surface area contributed by atoms with E-state index in [-0.39, 0.29) is 29.9 Å². The van der Waals surface area contributed by atoms with Crippen molar-refractivity contribution >= 4 is 41.5 Å². The number of amides is 1. The van der Waals surface area contributed by atoms with Crippen LogP contribution < -0.4 is 15.5 Å². The van der Waals surface area contributed by atoms with Crippen molar-refractivity contribution in [1.82, 2.24) is 10.6 Å². The number of benzene rings is 1. The molecule has 1 aromatic rings. The average Bonchev–Trinajstić information content (AvgIpc) is 2.94. The van der Waals surface area contributed by atoms with Crippen LogP contribution in [-0.2, 0) is 11.3 Å². The number of nitrogens with zero attached hydrogens (tertiary/aromatic N) is 2. The predicted octanol–water partition coefficient (Wildman–Crippen LogP) is 1.73. The van der Waals surface area contributed by atoms with Crippen LogP contribution in [0.3, 0.4) is 0 Å². The van der Waals surface area contributed by atoms with E-state index in [4.69, 9.17) is 6.42 Å². The fourth-order valence-corrected chi connectivity index (χ4v) is 2.26. The molecule has 5 nitrogen and oxygen atoms in total. The van der Waals surface area contributed by atoms with Gasteiger partial charge in [-0.25, -0.2) is 0 Å². The lowest BCUT2D eigenvalue weighted by atomic mass is 10.2. The second-order valence-electron chi connectivity index (χ2n) is 4.80. The normalized spacial score (nSPS) is 14.3. The summed E-state index contributed by atoms with van der Waals surface area (Å²) in [6.07, 6.45) is 6.80. The van der Waals surface area contributed by atoms with Crippen LogP contribution in [0.1, 0.15) is 18.4 Å². The van der Waals surface area contributed by atoms with Crippen molar-refractivity contribution in [3.8, 4) is 12.3 Å². The van der Waals surface area contributed by atoms with Gasteiger partial charge in [0.15, 0.2) is 5.96 Å². The van der Waals surface area contributed by atoms with Gasteiger partial charge in [0.2, 0.25) is 5.91 Å². The van der Waals surface area contributed by atoms with Crippen LogP contribution >= 0.6 is 24.0 Å². The molecule has 0 spiro atoms. The van der Waals surface area contributed by atoms with Gasteiger partial charge >= 0.3 is 0 Å². The highest BCUT2D eigenvalue weighted by molar-refractivity contribution is 14.0. The summed E-state index contributed by atoms with van der Waals surface area (Å²) in [5, 5.41) is 6.18. The van der Waals surface area contributed by atoms with E-state index in [0.717, 1.165) is 24.2 Å². The standard InChI is InChI=1S/C16H20N4O.HI/c1-3-10-18-16(17-2)19-12-13-6-8-14(9-7-13)20-11-4-5-15(20)21;/h1,6-9H,4-5,10-12H2,2H3,(H2,17,18,19);1H. The minimum Gasteiger partial charge on any atom is -0.352 e. The van der Waals surface area contributed by atoms with E-state index in [1.54, 1.807) is 7.05 Å². The fraction of sp³-hybridized carbons (Fsp3) is 0.375. The van der Waals surface area contributed by atoms with Crippen LogP contribution in [0.2, 0.25) is 0 Å². The number of carbonyl (C=O) groups is 1. The first-order valence-electron chi connectivity index (χ1n) is 7.02. The first-order valence-corrected chi connectivity index (χ1v) is 7.02. The van der Waals surface area contributed by atoms with E-state index in [1.807, 2.05) is 29.2 Å². The van der Waals surface area contributed by atoms with Gasteiger partial charge < -0.3 is 15.5 Å². The minimum absolute atomic E-state index is 0. The third kappa shape index (κ3) is 4.91. The molecule has 0 aliphatic carbocycles. The summed E-state index contributed by atoms with van der Waals surface area (Å²) in [6.45, 7) is 1.91. The summed E-state index contributed by atoms with van der Waals surface area (Å²) in [5.74, 6) is 3.39. The minimum atomic E-state index is 0. The smallest absolute Gasteiger partial charge is 0.227 e. The Kier molecular flexibility index (Phi) is 7.74. The van der Waals surface area contributed by atoms with E-state index < -0.39 is 0 Å². The van der Waals surface area contributed by atoms with Crippen molar-refractivity contribution in [2.45, 2.75) is 19.4 Å². The van der Waals surface area contributed by atoms with Crippen LogP contribution in [0.25, 0.3) is 0 Å². The predicted molar refractivity (Wildman–Crippen MR) is 100 cm³/mol. The molecule has 1 aliphatic heterocycles. The second kappa shape index (κ2) is 9.30. The monoisotopic (exact) mass is 412 g/mol. The molecule has 2 rings (SSSR count). The molecule has 1 fully saturated rings. The molecule has 0 aromatic heterocycles. The number of halogens is 1.